The number of rotatable bonds is 5. The fourth-order valence-electron chi connectivity index (χ4n) is 1.55. The first kappa shape index (κ1) is 12.7. The van der Waals surface area contributed by atoms with Gasteiger partial charge in [-0.05, 0) is 5.56 Å². The molecule has 4 nitrogen and oxygen atoms in total. The molecule has 0 aliphatic heterocycles. The quantitative estimate of drug-likeness (QED) is 0.712. The third-order valence-corrected chi connectivity index (χ3v) is 2.39. The Balaban J connectivity index is 2.74. The summed E-state index contributed by atoms with van der Waals surface area (Å²) < 4.78 is 0. The summed E-state index contributed by atoms with van der Waals surface area (Å²) in [5.74, 6) is -0.308. The second-order valence-electron chi connectivity index (χ2n) is 3.58. The topological polar surface area (TPSA) is 74.6 Å². The maximum atomic E-state index is 9.12. The largest absolute Gasteiger partial charge is 0.276 e. The Morgan fingerprint density at radius 3 is 2.06 bits per heavy atom. The van der Waals surface area contributed by atoms with Crippen LogP contribution in [0.5, 0.6) is 0 Å². The van der Waals surface area contributed by atoms with Gasteiger partial charge in [-0.1, -0.05) is 30.3 Å². The van der Waals surface area contributed by atoms with Crippen LogP contribution < -0.4 is 0 Å². The van der Waals surface area contributed by atoms with E-state index >= 15 is 0 Å². The molecule has 0 N–H and O–H groups in total. The van der Waals surface area contributed by atoms with Crippen molar-refractivity contribution < 1.29 is 0 Å². The van der Waals surface area contributed by atoms with Crippen LogP contribution in [0.2, 0.25) is 0 Å². The summed E-state index contributed by atoms with van der Waals surface area (Å²) in [7, 11) is 0. The predicted octanol–water partition coefficient (Wildman–Crippen LogP) is 1.64. The molecule has 0 heterocycles. The highest BCUT2D eigenvalue weighted by atomic mass is 15.1. The Bertz CT molecular complexity index is 445. The molecule has 1 unspecified atom stereocenters. The van der Waals surface area contributed by atoms with Gasteiger partial charge in [0, 0.05) is 6.54 Å². The molecule has 0 aromatic heterocycles. The van der Waals surface area contributed by atoms with Crippen molar-refractivity contribution in [3.63, 3.8) is 0 Å². The molecule has 0 saturated heterocycles. The lowest BCUT2D eigenvalue weighted by molar-refractivity contribution is 0.335. The van der Waals surface area contributed by atoms with E-state index in [0.717, 1.165) is 5.56 Å². The zero-order valence-electron chi connectivity index (χ0n) is 9.37. The first-order chi connectivity index (χ1) is 8.31. The minimum Gasteiger partial charge on any atom is -0.276 e. The van der Waals surface area contributed by atoms with Gasteiger partial charge < -0.3 is 0 Å². The number of benzene rings is 1. The van der Waals surface area contributed by atoms with Crippen LogP contribution in [0.3, 0.4) is 0 Å². The Morgan fingerprint density at radius 2 is 1.59 bits per heavy atom. The summed E-state index contributed by atoms with van der Waals surface area (Å²) in [5.41, 5.74) is 0.913. The van der Waals surface area contributed by atoms with E-state index in [1.165, 1.54) is 0 Å². The first-order valence-electron chi connectivity index (χ1n) is 5.22. The fraction of sp³-hybridized carbons (Fsp3) is 0.308. The standard InChI is InChI=1S/C13H12N4/c14-6-8-17(9-7-15)11-13(10-16)12-4-2-1-3-5-12/h1-5,13H,8-9,11H2. The number of nitriles is 3. The maximum Gasteiger partial charge on any atom is 0.0874 e. The van der Waals surface area contributed by atoms with Gasteiger partial charge in [0.25, 0.3) is 0 Å². The van der Waals surface area contributed by atoms with Crippen molar-refractivity contribution in [2.24, 2.45) is 0 Å². The molecule has 0 spiro atoms. The number of nitrogens with zero attached hydrogens (tertiary/aromatic N) is 4. The molecule has 0 fully saturated rings. The minimum atomic E-state index is -0.308. The average molecular weight is 224 g/mol. The van der Waals surface area contributed by atoms with Crippen molar-refractivity contribution in [3.8, 4) is 18.2 Å². The van der Waals surface area contributed by atoms with Crippen LogP contribution in [0.15, 0.2) is 30.3 Å². The molecular weight excluding hydrogens is 212 g/mol. The van der Waals surface area contributed by atoms with E-state index < -0.39 is 0 Å². The Morgan fingerprint density at radius 1 is 1.00 bits per heavy atom. The van der Waals surface area contributed by atoms with E-state index in [9.17, 15) is 0 Å². The van der Waals surface area contributed by atoms with Crippen LogP contribution in [-0.2, 0) is 0 Å². The lowest BCUT2D eigenvalue weighted by Gasteiger charge is -2.18. The van der Waals surface area contributed by atoms with Crippen molar-refractivity contribution in [1.29, 1.82) is 15.8 Å². The van der Waals surface area contributed by atoms with Gasteiger partial charge in [0.1, 0.15) is 0 Å². The third-order valence-electron chi connectivity index (χ3n) is 2.39. The monoisotopic (exact) mass is 224 g/mol. The Hall–Kier alpha value is -2.35. The fourth-order valence-corrected chi connectivity index (χ4v) is 1.55. The molecule has 0 amide bonds. The molecule has 84 valence electrons. The van der Waals surface area contributed by atoms with E-state index in [4.69, 9.17) is 15.8 Å². The third kappa shape index (κ3) is 3.95. The highest BCUT2D eigenvalue weighted by Crippen LogP contribution is 2.15. The lowest BCUT2D eigenvalue weighted by atomic mass is 10.0. The van der Waals surface area contributed by atoms with Gasteiger partial charge in [-0.3, -0.25) is 4.90 Å². The maximum absolute atomic E-state index is 9.12. The van der Waals surface area contributed by atoms with Crippen LogP contribution in [0.4, 0.5) is 0 Å². The summed E-state index contributed by atoms with van der Waals surface area (Å²) >= 11 is 0. The van der Waals surface area contributed by atoms with Crippen molar-refractivity contribution in [3.05, 3.63) is 35.9 Å². The molecule has 0 bridgehead atoms. The second-order valence-corrected chi connectivity index (χ2v) is 3.58. The molecule has 4 heteroatoms. The van der Waals surface area contributed by atoms with Crippen molar-refractivity contribution in [2.75, 3.05) is 19.6 Å². The summed E-state index contributed by atoms with van der Waals surface area (Å²) in [6, 6.07) is 15.6. The van der Waals surface area contributed by atoms with Gasteiger partial charge in [0.15, 0.2) is 0 Å². The van der Waals surface area contributed by atoms with Crippen LogP contribution >= 0.6 is 0 Å². The summed E-state index contributed by atoms with van der Waals surface area (Å²) in [6.45, 7) is 0.735. The SMILES string of the molecule is N#CCN(CC#N)CC(C#N)c1ccccc1. The summed E-state index contributed by atoms with van der Waals surface area (Å²) in [5, 5.41) is 26.4. The van der Waals surface area contributed by atoms with E-state index in [1.54, 1.807) is 4.90 Å². The highest BCUT2D eigenvalue weighted by Gasteiger charge is 2.14. The molecule has 0 aliphatic carbocycles. The van der Waals surface area contributed by atoms with Gasteiger partial charge in [-0.2, -0.15) is 15.8 Å². The molecule has 17 heavy (non-hydrogen) atoms. The van der Waals surface area contributed by atoms with E-state index in [2.05, 4.69) is 6.07 Å². The Kier molecular flexibility index (Phi) is 5.25. The van der Waals surface area contributed by atoms with Gasteiger partial charge >= 0.3 is 0 Å². The molecule has 0 saturated carbocycles. The average Bonchev–Trinajstić information content (AvgIpc) is 2.37. The van der Waals surface area contributed by atoms with Gasteiger partial charge in [0.2, 0.25) is 0 Å². The number of hydrogen-bond acceptors (Lipinski definition) is 4. The smallest absolute Gasteiger partial charge is 0.0874 e. The van der Waals surface area contributed by atoms with Gasteiger partial charge in [0.05, 0.1) is 37.2 Å². The number of hydrogen-bond donors (Lipinski definition) is 0. The minimum absolute atomic E-state index is 0.165. The molecule has 1 atom stereocenters. The molecule has 1 aromatic carbocycles. The highest BCUT2D eigenvalue weighted by molar-refractivity contribution is 5.25. The van der Waals surface area contributed by atoms with Crippen LogP contribution in [0.25, 0.3) is 0 Å². The van der Waals surface area contributed by atoms with Gasteiger partial charge in [-0.25, -0.2) is 0 Å². The normalized spacial score (nSPS) is 11.2. The van der Waals surface area contributed by atoms with E-state index in [0.29, 0.717) is 6.54 Å². The molecule has 0 radical (unpaired) electrons. The summed E-state index contributed by atoms with van der Waals surface area (Å²) in [6.07, 6.45) is 0. The molecule has 1 rings (SSSR count). The molecule has 1 aromatic rings. The van der Waals surface area contributed by atoms with Crippen molar-refractivity contribution >= 4 is 0 Å². The van der Waals surface area contributed by atoms with E-state index in [-0.39, 0.29) is 19.0 Å². The van der Waals surface area contributed by atoms with Crippen molar-refractivity contribution in [1.82, 2.24) is 4.90 Å². The van der Waals surface area contributed by atoms with Crippen LogP contribution in [-0.4, -0.2) is 24.5 Å². The van der Waals surface area contributed by atoms with Gasteiger partial charge in [-0.15, -0.1) is 0 Å². The van der Waals surface area contributed by atoms with Crippen molar-refractivity contribution in [2.45, 2.75) is 5.92 Å². The zero-order valence-corrected chi connectivity index (χ0v) is 9.37. The van der Waals surface area contributed by atoms with Crippen LogP contribution in [0.1, 0.15) is 11.5 Å². The Labute approximate surface area is 101 Å². The van der Waals surface area contributed by atoms with E-state index in [1.807, 2.05) is 42.5 Å². The second kappa shape index (κ2) is 7.01. The predicted molar refractivity (Wildman–Crippen MR) is 62.5 cm³/mol. The molecule has 0 aliphatic rings. The zero-order chi connectivity index (χ0) is 12.5. The lowest BCUT2D eigenvalue weighted by Crippen LogP contribution is -2.29. The summed E-state index contributed by atoms with van der Waals surface area (Å²) in [4.78, 5) is 1.67. The first-order valence-corrected chi connectivity index (χ1v) is 5.22. The van der Waals surface area contributed by atoms with Crippen LogP contribution in [0, 0.1) is 34.0 Å². The molecular formula is C13H12N4.